The van der Waals surface area contributed by atoms with Gasteiger partial charge in [0.05, 0.1) is 5.75 Å². The van der Waals surface area contributed by atoms with Crippen molar-refractivity contribution in [1.29, 1.82) is 0 Å². The monoisotopic (exact) mass is 326 g/mol. The molecule has 1 aromatic rings. The van der Waals surface area contributed by atoms with Gasteiger partial charge in [0.2, 0.25) is 10.0 Å². The Morgan fingerprint density at radius 3 is 2.59 bits per heavy atom. The first-order valence-electron chi connectivity index (χ1n) is 8.44. The molecule has 1 unspecified atom stereocenters. The van der Waals surface area contributed by atoms with Gasteiger partial charge in [-0.3, -0.25) is 4.68 Å². The molecule has 2 heterocycles. The average Bonchev–Trinajstić information content (AvgIpc) is 3.19. The molecule has 0 amide bonds. The van der Waals surface area contributed by atoms with Crippen LogP contribution in [0.3, 0.4) is 0 Å². The van der Waals surface area contributed by atoms with E-state index in [0.717, 1.165) is 25.8 Å². The Bertz CT molecular complexity index is 552. The maximum absolute atomic E-state index is 12.6. The summed E-state index contributed by atoms with van der Waals surface area (Å²) in [6, 6.07) is 0. The highest BCUT2D eigenvalue weighted by Crippen LogP contribution is 2.29. The van der Waals surface area contributed by atoms with Crippen LogP contribution in [-0.4, -0.2) is 46.3 Å². The van der Waals surface area contributed by atoms with Crippen molar-refractivity contribution in [2.24, 2.45) is 11.8 Å². The molecule has 0 radical (unpaired) electrons. The number of rotatable bonds is 6. The van der Waals surface area contributed by atoms with Crippen molar-refractivity contribution >= 4 is 10.0 Å². The van der Waals surface area contributed by atoms with E-state index in [4.69, 9.17) is 0 Å². The molecule has 3 rings (SSSR count). The third-order valence-electron chi connectivity index (χ3n) is 5.05. The van der Waals surface area contributed by atoms with Crippen molar-refractivity contribution in [1.82, 2.24) is 19.1 Å². The molecule has 0 spiro atoms. The van der Waals surface area contributed by atoms with Gasteiger partial charge < -0.3 is 0 Å². The van der Waals surface area contributed by atoms with E-state index in [0.29, 0.717) is 30.7 Å². The molecule has 0 aromatic carbocycles. The number of hydrogen-bond acceptors (Lipinski definition) is 4. The Morgan fingerprint density at radius 2 is 1.86 bits per heavy atom. The van der Waals surface area contributed by atoms with Crippen LogP contribution in [-0.2, 0) is 16.6 Å². The summed E-state index contributed by atoms with van der Waals surface area (Å²) in [7, 11) is -3.09. The molecular formula is C15H26N4O2S. The minimum atomic E-state index is -3.09. The van der Waals surface area contributed by atoms with Crippen molar-refractivity contribution in [3.05, 3.63) is 12.7 Å². The first-order chi connectivity index (χ1) is 10.6. The second kappa shape index (κ2) is 7.08. The van der Waals surface area contributed by atoms with E-state index in [-0.39, 0.29) is 0 Å². The molecule has 2 fully saturated rings. The Hall–Kier alpha value is -0.950. The highest BCUT2D eigenvalue weighted by Gasteiger charge is 2.30. The van der Waals surface area contributed by atoms with Crippen molar-refractivity contribution in [2.45, 2.75) is 51.5 Å². The molecule has 2 aliphatic rings. The number of hydrogen-bond donors (Lipinski definition) is 0. The van der Waals surface area contributed by atoms with E-state index in [1.54, 1.807) is 15.3 Å². The molecule has 22 heavy (non-hydrogen) atoms. The summed E-state index contributed by atoms with van der Waals surface area (Å²) in [5.74, 6) is 1.30. The highest BCUT2D eigenvalue weighted by molar-refractivity contribution is 7.89. The molecule has 1 aliphatic heterocycles. The summed E-state index contributed by atoms with van der Waals surface area (Å²) in [6.45, 7) is 2.07. The zero-order valence-electron chi connectivity index (χ0n) is 13.1. The fraction of sp³-hybridized carbons (Fsp3) is 0.867. The molecule has 1 atom stereocenters. The number of nitrogens with zero attached hydrogens (tertiary/aromatic N) is 4. The lowest BCUT2D eigenvalue weighted by Crippen LogP contribution is -2.42. The first kappa shape index (κ1) is 15.9. The maximum atomic E-state index is 12.6. The van der Waals surface area contributed by atoms with Crippen molar-refractivity contribution in [2.75, 3.05) is 18.8 Å². The predicted octanol–water partition coefficient (Wildman–Crippen LogP) is 1.90. The summed E-state index contributed by atoms with van der Waals surface area (Å²) in [4.78, 5) is 3.95. The topological polar surface area (TPSA) is 68.1 Å². The highest BCUT2D eigenvalue weighted by atomic mass is 32.2. The normalized spacial score (nSPS) is 24.8. The largest absolute Gasteiger partial charge is 0.253 e. The van der Waals surface area contributed by atoms with Gasteiger partial charge in [0.25, 0.3) is 0 Å². The van der Waals surface area contributed by atoms with Crippen LogP contribution in [0.4, 0.5) is 0 Å². The van der Waals surface area contributed by atoms with Gasteiger partial charge in [-0.2, -0.15) is 5.10 Å². The van der Waals surface area contributed by atoms with Gasteiger partial charge in [0.15, 0.2) is 0 Å². The van der Waals surface area contributed by atoms with E-state index < -0.39 is 10.0 Å². The molecule has 124 valence electrons. The molecule has 1 saturated carbocycles. The average molecular weight is 326 g/mol. The lowest BCUT2D eigenvalue weighted by Gasteiger charge is -2.32. The Morgan fingerprint density at radius 1 is 1.09 bits per heavy atom. The fourth-order valence-corrected chi connectivity index (χ4v) is 5.50. The molecule has 1 aromatic heterocycles. The smallest absolute Gasteiger partial charge is 0.214 e. The van der Waals surface area contributed by atoms with Gasteiger partial charge in [0.1, 0.15) is 12.7 Å². The lowest BCUT2D eigenvalue weighted by atomic mass is 10.00. The predicted molar refractivity (Wildman–Crippen MR) is 84.7 cm³/mol. The second-order valence-corrected chi connectivity index (χ2v) is 8.83. The van der Waals surface area contributed by atoms with Crippen LogP contribution < -0.4 is 0 Å². The van der Waals surface area contributed by atoms with E-state index in [9.17, 15) is 8.42 Å². The summed E-state index contributed by atoms with van der Waals surface area (Å²) < 4.78 is 28.7. The van der Waals surface area contributed by atoms with Crippen LogP contribution in [0.1, 0.15) is 44.9 Å². The fourth-order valence-electron chi connectivity index (χ4n) is 3.76. The van der Waals surface area contributed by atoms with Crippen LogP contribution in [0.2, 0.25) is 0 Å². The van der Waals surface area contributed by atoms with Crippen molar-refractivity contribution < 1.29 is 8.42 Å². The standard InChI is InChI=1S/C15H26N4O2S/c20-22(21,9-7-14-4-1-2-5-14)19-8-3-6-15(11-19)10-18-13-16-12-17-18/h12-15H,1-11H2. The summed E-state index contributed by atoms with van der Waals surface area (Å²) in [6.07, 6.45) is 11.0. The third-order valence-corrected chi connectivity index (χ3v) is 6.92. The van der Waals surface area contributed by atoms with Gasteiger partial charge in [0, 0.05) is 19.6 Å². The first-order valence-corrected chi connectivity index (χ1v) is 10.0. The van der Waals surface area contributed by atoms with Gasteiger partial charge in [-0.1, -0.05) is 25.7 Å². The van der Waals surface area contributed by atoms with Crippen LogP contribution in [0.15, 0.2) is 12.7 Å². The lowest BCUT2D eigenvalue weighted by molar-refractivity contribution is 0.239. The zero-order valence-corrected chi connectivity index (χ0v) is 13.9. The van der Waals surface area contributed by atoms with Crippen LogP contribution in [0.25, 0.3) is 0 Å². The Balaban J connectivity index is 1.53. The Labute approximate surface area is 133 Å². The molecule has 0 bridgehead atoms. The van der Waals surface area contributed by atoms with E-state index >= 15 is 0 Å². The number of piperidine rings is 1. The molecule has 0 N–H and O–H groups in total. The summed E-state index contributed by atoms with van der Waals surface area (Å²) >= 11 is 0. The third kappa shape index (κ3) is 4.07. The van der Waals surface area contributed by atoms with E-state index in [1.807, 2.05) is 0 Å². The van der Waals surface area contributed by atoms with Crippen LogP contribution in [0.5, 0.6) is 0 Å². The quantitative estimate of drug-likeness (QED) is 0.801. The van der Waals surface area contributed by atoms with Crippen LogP contribution in [0, 0.1) is 11.8 Å². The van der Waals surface area contributed by atoms with Gasteiger partial charge in [-0.25, -0.2) is 17.7 Å². The maximum Gasteiger partial charge on any atom is 0.214 e. The molecular weight excluding hydrogens is 300 g/mol. The number of aromatic nitrogens is 3. The van der Waals surface area contributed by atoms with E-state index in [1.165, 1.54) is 32.0 Å². The molecule has 7 heteroatoms. The van der Waals surface area contributed by atoms with Gasteiger partial charge in [-0.05, 0) is 31.1 Å². The van der Waals surface area contributed by atoms with E-state index in [2.05, 4.69) is 10.1 Å². The van der Waals surface area contributed by atoms with Gasteiger partial charge >= 0.3 is 0 Å². The Kier molecular flexibility index (Phi) is 5.13. The molecule has 1 aliphatic carbocycles. The van der Waals surface area contributed by atoms with Crippen molar-refractivity contribution in [3.8, 4) is 0 Å². The zero-order chi connectivity index (χ0) is 15.4. The minimum Gasteiger partial charge on any atom is -0.253 e. The summed E-state index contributed by atoms with van der Waals surface area (Å²) in [5, 5.41) is 4.12. The van der Waals surface area contributed by atoms with Gasteiger partial charge in [-0.15, -0.1) is 0 Å². The second-order valence-electron chi connectivity index (χ2n) is 6.74. The minimum absolute atomic E-state index is 0.327. The molecule has 1 saturated heterocycles. The number of sulfonamides is 1. The van der Waals surface area contributed by atoms with Crippen LogP contribution >= 0.6 is 0 Å². The molecule has 6 nitrogen and oxygen atoms in total. The summed E-state index contributed by atoms with van der Waals surface area (Å²) in [5.41, 5.74) is 0. The van der Waals surface area contributed by atoms with Crippen molar-refractivity contribution in [3.63, 3.8) is 0 Å². The SMILES string of the molecule is O=S(=O)(CCC1CCCC1)N1CCCC(Cn2cncn2)C1.